The van der Waals surface area contributed by atoms with E-state index in [4.69, 9.17) is 10.00 Å². The molecular weight excluding hydrogens is 368 g/mol. The number of aliphatic carboxylic acids is 1. The number of imidazole rings is 1. The second-order valence-electron chi connectivity index (χ2n) is 7.15. The van der Waals surface area contributed by atoms with Crippen LogP contribution in [0.2, 0.25) is 0 Å². The molecule has 0 aliphatic carbocycles. The number of rotatable bonds is 5. The highest BCUT2D eigenvalue weighted by molar-refractivity contribution is 5.90. The average Bonchev–Trinajstić information content (AvgIpc) is 3.33. The lowest BCUT2D eigenvalue weighted by molar-refractivity contribution is -0.139. The lowest BCUT2D eigenvalue weighted by atomic mass is 9.84. The highest BCUT2D eigenvalue weighted by Gasteiger charge is 2.34. The van der Waals surface area contributed by atoms with E-state index in [-0.39, 0.29) is 0 Å². The van der Waals surface area contributed by atoms with E-state index in [1.165, 1.54) is 0 Å². The Labute approximate surface area is 167 Å². The molecule has 0 aliphatic heterocycles. The van der Waals surface area contributed by atoms with Gasteiger partial charge in [-0.2, -0.15) is 5.26 Å². The molecule has 29 heavy (non-hydrogen) atoms. The minimum atomic E-state index is -0.983. The van der Waals surface area contributed by atoms with Gasteiger partial charge >= 0.3 is 5.97 Å². The first kappa shape index (κ1) is 18.6. The van der Waals surface area contributed by atoms with Gasteiger partial charge in [-0.3, -0.25) is 4.79 Å². The summed E-state index contributed by atoms with van der Waals surface area (Å²) in [5.41, 5.74) is 4.56. The summed E-state index contributed by atoms with van der Waals surface area (Å²) in [6.07, 6.45) is 1.84. The highest BCUT2D eigenvalue weighted by Crippen LogP contribution is 2.42. The molecule has 7 nitrogen and oxygen atoms in total. The number of hydrogen-bond donors (Lipinski definition) is 3. The second kappa shape index (κ2) is 6.99. The predicted octanol–water partition coefficient (Wildman–Crippen LogP) is 4.20. The number of fused-ring (bicyclic) bond motifs is 2. The summed E-state index contributed by atoms with van der Waals surface area (Å²) in [7, 11) is 1.59. The number of nitrogens with zero attached hydrogens (tertiary/aromatic N) is 2. The van der Waals surface area contributed by atoms with Gasteiger partial charge in [-0.1, -0.05) is 6.92 Å². The number of ether oxygens (including phenoxy) is 1. The van der Waals surface area contributed by atoms with Crippen molar-refractivity contribution in [2.45, 2.75) is 25.7 Å². The van der Waals surface area contributed by atoms with Crippen LogP contribution in [0, 0.1) is 18.3 Å². The fourth-order valence-corrected chi connectivity index (χ4v) is 4.02. The van der Waals surface area contributed by atoms with Crippen LogP contribution in [0.25, 0.3) is 21.9 Å². The van der Waals surface area contributed by atoms with E-state index in [9.17, 15) is 9.90 Å². The normalized spacial score (nSPS) is 13.3. The predicted molar refractivity (Wildman–Crippen MR) is 109 cm³/mol. The van der Waals surface area contributed by atoms with Crippen LogP contribution in [0.1, 0.15) is 41.3 Å². The number of benzene rings is 2. The van der Waals surface area contributed by atoms with Crippen molar-refractivity contribution in [3.05, 3.63) is 59.0 Å². The van der Waals surface area contributed by atoms with E-state index in [0.29, 0.717) is 28.2 Å². The molecule has 0 amide bonds. The fourth-order valence-electron chi connectivity index (χ4n) is 4.02. The number of aromatic nitrogens is 3. The number of aryl methyl sites for hydroxylation is 1. The summed E-state index contributed by atoms with van der Waals surface area (Å²) in [6, 6.07) is 11.0. The number of nitriles is 1. The summed E-state index contributed by atoms with van der Waals surface area (Å²) in [5, 5.41) is 20.1. The Bertz CT molecular complexity index is 1280. The van der Waals surface area contributed by atoms with Crippen molar-refractivity contribution in [3.8, 4) is 11.8 Å². The van der Waals surface area contributed by atoms with E-state index >= 15 is 0 Å². The van der Waals surface area contributed by atoms with Crippen molar-refractivity contribution in [1.29, 1.82) is 5.26 Å². The number of hydrogen-bond acceptors (Lipinski definition) is 4. The summed E-state index contributed by atoms with van der Waals surface area (Å²) in [4.78, 5) is 23.1. The molecule has 146 valence electrons. The Morgan fingerprint density at radius 2 is 2.10 bits per heavy atom. The maximum absolute atomic E-state index is 12.3. The molecule has 0 bridgehead atoms. The zero-order valence-electron chi connectivity index (χ0n) is 16.3. The number of carboxylic acids is 1. The van der Waals surface area contributed by atoms with Gasteiger partial charge in [0.15, 0.2) is 0 Å². The molecule has 2 atom stereocenters. The van der Waals surface area contributed by atoms with E-state index in [1.807, 2.05) is 32.2 Å². The number of methoxy groups -OCH3 is 1. The van der Waals surface area contributed by atoms with Crippen LogP contribution in [-0.2, 0) is 4.79 Å². The van der Waals surface area contributed by atoms with E-state index in [2.05, 4.69) is 21.0 Å². The van der Waals surface area contributed by atoms with Gasteiger partial charge in [0.05, 0.1) is 29.8 Å². The zero-order chi connectivity index (χ0) is 20.7. The maximum Gasteiger partial charge on any atom is 0.314 e. The molecule has 2 unspecified atom stereocenters. The lowest BCUT2D eigenvalue weighted by Gasteiger charge is -2.22. The molecule has 4 rings (SSSR count). The molecule has 0 fully saturated rings. The van der Waals surface area contributed by atoms with Crippen LogP contribution >= 0.6 is 0 Å². The second-order valence-corrected chi connectivity index (χ2v) is 7.15. The van der Waals surface area contributed by atoms with Gasteiger partial charge in [-0.15, -0.1) is 0 Å². The molecule has 2 aromatic heterocycles. The smallest absolute Gasteiger partial charge is 0.314 e. The molecule has 7 heteroatoms. The van der Waals surface area contributed by atoms with Crippen molar-refractivity contribution in [2.24, 2.45) is 0 Å². The molecule has 0 aliphatic rings. The maximum atomic E-state index is 12.3. The Morgan fingerprint density at radius 1 is 1.31 bits per heavy atom. The summed E-state index contributed by atoms with van der Waals surface area (Å²) >= 11 is 0. The number of nitrogens with one attached hydrogen (secondary N) is 2. The van der Waals surface area contributed by atoms with Gasteiger partial charge in [0, 0.05) is 28.6 Å². The van der Waals surface area contributed by atoms with E-state index in [0.717, 1.165) is 22.0 Å². The largest absolute Gasteiger partial charge is 0.496 e. The van der Waals surface area contributed by atoms with Gasteiger partial charge in [0.1, 0.15) is 17.5 Å². The Kier molecular flexibility index (Phi) is 4.47. The van der Waals surface area contributed by atoms with Crippen LogP contribution in [0.3, 0.4) is 0 Å². The topological polar surface area (TPSA) is 115 Å². The van der Waals surface area contributed by atoms with E-state index in [1.54, 1.807) is 25.3 Å². The molecule has 4 aromatic rings. The van der Waals surface area contributed by atoms with Crippen molar-refractivity contribution < 1.29 is 14.6 Å². The van der Waals surface area contributed by atoms with Gasteiger partial charge in [-0.25, -0.2) is 4.98 Å². The first-order chi connectivity index (χ1) is 13.9. The van der Waals surface area contributed by atoms with Crippen LogP contribution in [0.4, 0.5) is 0 Å². The monoisotopic (exact) mass is 388 g/mol. The first-order valence-electron chi connectivity index (χ1n) is 9.21. The van der Waals surface area contributed by atoms with Crippen LogP contribution in [-0.4, -0.2) is 33.1 Å². The number of carboxylic acid groups (broad SMARTS) is 1. The minimum absolute atomic E-state index is 0.349. The van der Waals surface area contributed by atoms with Gasteiger partial charge in [0.25, 0.3) is 0 Å². The Balaban J connectivity index is 1.88. The van der Waals surface area contributed by atoms with E-state index < -0.39 is 17.8 Å². The van der Waals surface area contributed by atoms with Crippen molar-refractivity contribution in [3.63, 3.8) is 0 Å². The van der Waals surface area contributed by atoms with Crippen molar-refractivity contribution >= 4 is 27.9 Å². The molecule has 2 aromatic carbocycles. The van der Waals surface area contributed by atoms with Gasteiger partial charge < -0.3 is 19.8 Å². The SMILES string of the molecule is COc1cc(C)c2[nH]ccc2c1C(C)C(C(=O)O)c1nc2ccc(C#N)cc2[nH]1. The third kappa shape index (κ3) is 2.99. The lowest BCUT2D eigenvalue weighted by Crippen LogP contribution is -2.20. The third-order valence-corrected chi connectivity index (χ3v) is 5.41. The first-order valence-corrected chi connectivity index (χ1v) is 9.21. The summed E-state index contributed by atoms with van der Waals surface area (Å²) in [5.74, 6) is -1.32. The molecule has 0 saturated heterocycles. The molecule has 0 spiro atoms. The summed E-state index contributed by atoms with van der Waals surface area (Å²) < 4.78 is 5.61. The van der Waals surface area contributed by atoms with Crippen LogP contribution < -0.4 is 4.74 Å². The Morgan fingerprint density at radius 3 is 2.79 bits per heavy atom. The molecule has 0 radical (unpaired) electrons. The number of H-pyrrole nitrogens is 2. The highest BCUT2D eigenvalue weighted by atomic mass is 16.5. The van der Waals surface area contributed by atoms with Gasteiger partial charge in [-0.05, 0) is 42.8 Å². The van der Waals surface area contributed by atoms with Crippen LogP contribution in [0.5, 0.6) is 5.75 Å². The Hall–Kier alpha value is -3.79. The fraction of sp³-hybridized carbons (Fsp3) is 0.227. The molecule has 3 N–H and O–H groups in total. The number of carbonyl (C=O) groups is 1. The average molecular weight is 388 g/mol. The zero-order valence-corrected chi connectivity index (χ0v) is 16.3. The molecule has 2 heterocycles. The number of aromatic amines is 2. The third-order valence-electron chi connectivity index (χ3n) is 5.41. The van der Waals surface area contributed by atoms with Gasteiger partial charge in [0.2, 0.25) is 0 Å². The molecular formula is C22H20N4O3. The standard InChI is InChI=1S/C22H20N4O3/c1-11-8-17(29-3)18(14-6-7-24-20(11)14)12(2)19(22(27)28)21-25-15-5-4-13(10-23)9-16(15)26-21/h4-9,12,19,24H,1-3H3,(H,25,26)(H,27,28). The molecule has 0 saturated carbocycles. The van der Waals surface area contributed by atoms with Crippen molar-refractivity contribution in [2.75, 3.05) is 7.11 Å². The minimum Gasteiger partial charge on any atom is -0.496 e. The van der Waals surface area contributed by atoms with Crippen LogP contribution in [0.15, 0.2) is 36.5 Å². The van der Waals surface area contributed by atoms with Crippen molar-refractivity contribution in [1.82, 2.24) is 15.0 Å². The quantitative estimate of drug-likeness (QED) is 0.474. The summed E-state index contributed by atoms with van der Waals surface area (Å²) in [6.45, 7) is 3.85.